The molecule has 31 heavy (non-hydrogen) atoms. The second-order valence-corrected chi connectivity index (χ2v) is 7.47. The van der Waals surface area contributed by atoms with Gasteiger partial charge < -0.3 is 14.6 Å². The molecule has 4 nitrogen and oxygen atoms in total. The molecule has 0 fully saturated rings. The van der Waals surface area contributed by atoms with E-state index in [4.69, 9.17) is 14.6 Å². The summed E-state index contributed by atoms with van der Waals surface area (Å²) in [7, 11) is 3.32. The summed E-state index contributed by atoms with van der Waals surface area (Å²) in [6.45, 7) is 0. The van der Waals surface area contributed by atoms with Gasteiger partial charge in [0.15, 0.2) is 0 Å². The number of ether oxygens (including phenoxy) is 2. The van der Waals surface area contributed by atoms with Gasteiger partial charge in [0.05, 0.1) is 14.2 Å². The van der Waals surface area contributed by atoms with E-state index in [2.05, 4.69) is 30.3 Å². The van der Waals surface area contributed by atoms with Crippen LogP contribution < -0.4 is 9.47 Å². The Morgan fingerprint density at radius 3 is 2.45 bits per heavy atom. The lowest BCUT2D eigenvalue weighted by molar-refractivity contribution is -0.131. The summed E-state index contributed by atoms with van der Waals surface area (Å²) in [4.78, 5) is 10.9. The molecule has 0 radical (unpaired) electrons. The molecule has 0 heterocycles. The quantitative estimate of drug-likeness (QED) is 0.510. The van der Waals surface area contributed by atoms with Crippen molar-refractivity contribution >= 4 is 17.6 Å². The fraction of sp³-hybridized carbons (Fsp3) is 0.148. The topological polar surface area (TPSA) is 55.8 Å². The second kappa shape index (κ2) is 8.92. The van der Waals surface area contributed by atoms with Gasteiger partial charge in [-0.3, -0.25) is 0 Å². The van der Waals surface area contributed by atoms with Crippen molar-refractivity contribution in [2.75, 3.05) is 14.2 Å². The molecule has 0 unspecified atom stereocenters. The van der Waals surface area contributed by atoms with E-state index in [9.17, 15) is 4.79 Å². The molecule has 4 rings (SSSR count). The van der Waals surface area contributed by atoms with Crippen molar-refractivity contribution in [3.63, 3.8) is 0 Å². The van der Waals surface area contributed by atoms with Gasteiger partial charge in [0.25, 0.3) is 0 Å². The number of hydrogen-bond donors (Lipinski definition) is 1. The van der Waals surface area contributed by atoms with E-state index in [0.717, 1.165) is 52.7 Å². The number of aliphatic carboxylic acids is 1. The van der Waals surface area contributed by atoms with Crippen LogP contribution >= 0.6 is 0 Å². The standard InChI is InChI=1S/C27H24O4/c1-30-23-15-19(16-24(17-23)31-2)14-22-11-10-20-6-4-8-25(27(20)22)21-7-3-5-18(13-21)9-12-26(28)29/h3-9,11-13,15-17H,10,14H2,1-2H3,(H,28,29)/b12-9+. The molecule has 0 aliphatic heterocycles. The third-order valence-electron chi connectivity index (χ3n) is 5.46. The Hall–Kier alpha value is -3.79. The molecular formula is C27H24O4. The maximum Gasteiger partial charge on any atom is 0.328 e. The van der Waals surface area contributed by atoms with Crippen LogP contribution in [0.5, 0.6) is 11.5 Å². The molecule has 0 saturated heterocycles. The van der Waals surface area contributed by atoms with Gasteiger partial charge in [-0.05, 0) is 76.1 Å². The molecule has 1 N–H and O–H groups in total. The number of hydrogen-bond acceptors (Lipinski definition) is 3. The zero-order valence-corrected chi connectivity index (χ0v) is 17.6. The molecule has 156 valence electrons. The molecule has 3 aromatic carbocycles. The van der Waals surface area contributed by atoms with Crippen LogP contribution in [0.1, 0.15) is 22.3 Å². The monoisotopic (exact) mass is 412 g/mol. The van der Waals surface area contributed by atoms with E-state index < -0.39 is 5.97 Å². The number of carboxylic acids is 1. The van der Waals surface area contributed by atoms with Crippen molar-refractivity contribution in [2.45, 2.75) is 12.8 Å². The largest absolute Gasteiger partial charge is 0.497 e. The lowest BCUT2D eigenvalue weighted by Crippen LogP contribution is -1.96. The van der Waals surface area contributed by atoms with Crippen molar-refractivity contribution in [3.05, 3.63) is 95.1 Å². The van der Waals surface area contributed by atoms with Crippen LogP contribution in [0.3, 0.4) is 0 Å². The van der Waals surface area contributed by atoms with E-state index in [0.29, 0.717) is 0 Å². The van der Waals surface area contributed by atoms with Crippen LogP contribution in [0.25, 0.3) is 22.8 Å². The highest BCUT2D eigenvalue weighted by molar-refractivity contribution is 5.88. The Labute approximate surface area is 182 Å². The van der Waals surface area contributed by atoms with Crippen molar-refractivity contribution in [1.82, 2.24) is 0 Å². The van der Waals surface area contributed by atoms with Gasteiger partial charge in [-0.25, -0.2) is 4.79 Å². The third kappa shape index (κ3) is 4.53. The highest BCUT2D eigenvalue weighted by atomic mass is 16.5. The van der Waals surface area contributed by atoms with Crippen molar-refractivity contribution in [1.29, 1.82) is 0 Å². The Kier molecular flexibility index (Phi) is 5.89. The molecule has 4 heteroatoms. The first-order valence-corrected chi connectivity index (χ1v) is 10.1. The van der Waals surface area contributed by atoms with E-state index >= 15 is 0 Å². The summed E-state index contributed by atoms with van der Waals surface area (Å²) >= 11 is 0. The van der Waals surface area contributed by atoms with Crippen LogP contribution in [0.4, 0.5) is 0 Å². The highest BCUT2D eigenvalue weighted by Crippen LogP contribution is 2.39. The molecule has 0 amide bonds. The fourth-order valence-electron chi connectivity index (χ4n) is 4.05. The first-order valence-electron chi connectivity index (χ1n) is 10.1. The maximum atomic E-state index is 10.9. The zero-order chi connectivity index (χ0) is 21.8. The molecular weight excluding hydrogens is 388 g/mol. The molecule has 0 atom stereocenters. The summed E-state index contributed by atoms with van der Waals surface area (Å²) in [6, 6.07) is 20.3. The Bertz CT molecular complexity index is 1170. The smallest absolute Gasteiger partial charge is 0.328 e. The fourth-order valence-corrected chi connectivity index (χ4v) is 4.05. The average Bonchev–Trinajstić information content (AvgIpc) is 3.20. The van der Waals surface area contributed by atoms with Gasteiger partial charge in [0.2, 0.25) is 0 Å². The number of fused-ring (bicyclic) bond motifs is 1. The van der Waals surface area contributed by atoms with Gasteiger partial charge in [0.1, 0.15) is 11.5 Å². The van der Waals surface area contributed by atoms with Crippen LogP contribution in [0, 0.1) is 0 Å². The average molecular weight is 412 g/mol. The second-order valence-electron chi connectivity index (χ2n) is 7.47. The zero-order valence-electron chi connectivity index (χ0n) is 17.6. The first-order chi connectivity index (χ1) is 15.1. The van der Waals surface area contributed by atoms with E-state index in [1.165, 1.54) is 16.7 Å². The number of allylic oxidation sites excluding steroid dienone is 2. The number of benzene rings is 3. The molecule has 0 bridgehead atoms. The Balaban J connectivity index is 1.71. The van der Waals surface area contributed by atoms with Gasteiger partial charge in [-0.2, -0.15) is 0 Å². The van der Waals surface area contributed by atoms with Gasteiger partial charge in [0, 0.05) is 12.1 Å². The van der Waals surface area contributed by atoms with Gasteiger partial charge in [-0.1, -0.05) is 42.5 Å². The maximum absolute atomic E-state index is 10.9. The molecule has 0 spiro atoms. The van der Waals surface area contributed by atoms with Crippen molar-refractivity contribution in [2.24, 2.45) is 0 Å². The van der Waals surface area contributed by atoms with Crippen LogP contribution in [0.15, 0.2) is 72.8 Å². The number of rotatable bonds is 7. The third-order valence-corrected chi connectivity index (χ3v) is 5.46. The van der Waals surface area contributed by atoms with Gasteiger partial charge in [-0.15, -0.1) is 0 Å². The van der Waals surface area contributed by atoms with Gasteiger partial charge >= 0.3 is 5.97 Å². The molecule has 0 saturated carbocycles. The minimum atomic E-state index is -0.954. The lowest BCUT2D eigenvalue weighted by atomic mass is 9.90. The van der Waals surface area contributed by atoms with Crippen LogP contribution in [-0.2, 0) is 17.6 Å². The normalized spacial score (nSPS) is 12.5. The van der Waals surface area contributed by atoms with E-state index in [1.807, 2.05) is 36.4 Å². The summed E-state index contributed by atoms with van der Waals surface area (Å²) in [6.07, 6.45) is 6.74. The summed E-state index contributed by atoms with van der Waals surface area (Å²) in [5, 5.41) is 8.93. The van der Waals surface area contributed by atoms with E-state index in [-0.39, 0.29) is 0 Å². The van der Waals surface area contributed by atoms with Crippen molar-refractivity contribution in [3.8, 4) is 22.6 Å². The summed E-state index contributed by atoms with van der Waals surface area (Å²) in [5.41, 5.74) is 8.04. The summed E-state index contributed by atoms with van der Waals surface area (Å²) < 4.78 is 10.9. The predicted octanol–water partition coefficient (Wildman–Crippen LogP) is 5.65. The SMILES string of the molecule is COc1cc(CC2=CCc3cccc(-c4cccc(/C=C/C(=O)O)c4)c32)cc(OC)c1. The number of carboxylic acid groups (broad SMARTS) is 1. The number of carbonyl (C=O) groups is 1. The van der Waals surface area contributed by atoms with Crippen molar-refractivity contribution < 1.29 is 19.4 Å². The first kappa shape index (κ1) is 20.5. The summed E-state index contributed by atoms with van der Waals surface area (Å²) in [5.74, 6) is 0.601. The number of methoxy groups -OCH3 is 2. The van der Waals surface area contributed by atoms with Crippen LogP contribution in [-0.4, -0.2) is 25.3 Å². The van der Waals surface area contributed by atoms with E-state index in [1.54, 1.807) is 20.3 Å². The lowest BCUT2D eigenvalue weighted by Gasteiger charge is -2.15. The molecule has 3 aromatic rings. The van der Waals surface area contributed by atoms with Crippen LogP contribution in [0.2, 0.25) is 0 Å². The molecule has 1 aliphatic rings. The minimum absolute atomic E-state index is 0.774. The Morgan fingerprint density at radius 1 is 1.00 bits per heavy atom. The molecule has 0 aromatic heterocycles. The minimum Gasteiger partial charge on any atom is -0.497 e. The predicted molar refractivity (Wildman–Crippen MR) is 123 cm³/mol. The Morgan fingerprint density at radius 2 is 1.74 bits per heavy atom. The molecule has 1 aliphatic carbocycles. The highest BCUT2D eigenvalue weighted by Gasteiger charge is 2.19.